The third-order valence-corrected chi connectivity index (χ3v) is 3.61. The summed E-state index contributed by atoms with van der Waals surface area (Å²) in [6, 6.07) is 0. The normalized spacial score (nSPS) is 16.3. The highest BCUT2D eigenvalue weighted by molar-refractivity contribution is 6.31. The molecule has 7 heteroatoms. The molecule has 0 spiro atoms. The average Bonchev–Trinajstić information content (AvgIpc) is 3.07. The molecule has 1 aliphatic rings. The van der Waals surface area contributed by atoms with Gasteiger partial charge in [-0.2, -0.15) is 0 Å². The Labute approximate surface area is 110 Å². The number of hydrogen-bond acceptors (Lipinski definition) is 5. The number of nitrogens with one attached hydrogen (secondary N) is 1. The van der Waals surface area contributed by atoms with Crippen LogP contribution >= 0.6 is 11.6 Å². The Morgan fingerprint density at radius 3 is 2.83 bits per heavy atom. The number of halogens is 1. The number of aromatic nitrogens is 2. The van der Waals surface area contributed by atoms with Crippen LogP contribution in [0.2, 0.25) is 5.15 Å². The van der Waals surface area contributed by atoms with Gasteiger partial charge in [0.25, 0.3) is 0 Å². The fourth-order valence-electron chi connectivity index (χ4n) is 2.14. The van der Waals surface area contributed by atoms with Crippen molar-refractivity contribution in [2.75, 3.05) is 11.9 Å². The largest absolute Gasteiger partial charge is 0.364 e. The van der Waals surface area contributed by atoms with E-state index in [1.807, 2.05) is 0 Å². The quantitative estimate of drug-likeness (QED) is 0.488. The van der Waals surface area contributed by atoms with E-state index in [-0.39, 0.29) is 16.7 Å². The van der Waals surface area contributed by atoms with Crippen molar-refractivity contribution in [3.8, 4) is 0 Å². The first-order valence-corrected chi connectivity index (χ1v) is 6.34. The molecule has 1 aromatic heterocycles. The molecule has 0 radical (unpaired) electrons. The lowest BCUT2D eigenvalue weighted by Crippen LogP contribution is -2.17. The highest BCUT2D eigenvalue weighted by atomic mass is 35.5. The van der Waals surface area contributed by atoms with Crippen molar-refractivity contribution < 1.29 is 4.92 Å². The van der Waals surface area contributed by atoms with Gasteiger partial charge in [-0.3, -0.25) is 10.1 Å². The summed E-state index contributed by atoms with van der Waals surface area (Å²) in [4.78, 5) is 17.9. The van der Waals surface area contributed by atoms with Gasteiger partial charge in [0, 0.05) is 6.54 Å². The highest BCUT2D eigenvalue weighted by Gasteiger charge is 2.41. The summed E-state index contributed by atoms with van der Waals surface area (Å²) in [6.07, 6.45) is 5.82. The minimum absolute atomic E-state index is 0.127. The molecule has 0 saturated heterocycles. The van der Waals surface area contributed by atoms with Gasteiger partial charge in [0.05, 0.1) is 4.92 Å². The summed E-state index contributed by atoms with van der Waals surface area (Å²) in [6.45, 7) is 2.85. The van der Waals surface area contributed by atoms with Crippen molar-refractivity contribution in [2.45, 2.75) is 32.6 Å². The minimum Gasteiger partial charge on any atom is -0.364 e. The van der Waals surface area contributed by atoms with Crippen LogP contribution in [0, 0.1) is 15.5 Å². The smallest absolute Gasteiger partial charge is 0.348 e. The van der Waals surface area contributed by atoms with Gasteiger partial charge in [-0.15, -0.1) is 0 Å². The van der Waals surface area contributed by atoms with Crippen molar-refractivity contribution in [1.29, 1.82) is 0 Å². The maximum atomic E-state index is 10.9. The van der Waals surface area contributed by atoms with E-state index < -0.39 is 4.92 Å². The van der Waals surface area contributed by atoms with Gasteiger partial charge in [-0.1, -0.05) is 24.9 Å². The summed E-state index contributed by atoms with van der Waals surface area (Å²) in [5.41, 5.74) is 0.0477. The first-order chi connectivity index (χ1) is 8.58. The van der Waals surface area contributed by atoms with Crippen molar-refractivity contribution in [2.24, 2.45) is 5.41 Å². The van der Waals surface area contributed by atoms with E-state index in [9.17, 15) is 10.1 Å². The molecule has 18 heavy (non-hydrogen) atoms. The third kappa shape index (κ3) is 2.69. The molecule has 6 nitrogen and oxygen atoms in total. The van der Waals surface area contributed by atoms with Crippen molar-refractivity contribution in [1.82, 2.24) is 9.97 Å². The standard InChI is InChI=1S/C11H15ClN4O2/c1-2-3-11(4-5-11)6-13-10-8(16(17)18)9(12)14-7-15-10/h7H,2-6H2,1H3,(H,13,14,15). The minimum atomic E-state index is -0.552. The zero-order valence-electron chi connectivity index (χ0n) is 10.1. The van der Waals surface area contributed by atoms with Gasteiger partial charge in [-0.25, -0.2) is 9.97 Å². The number of anilines is 1. The molecule has 0 aromatic carbocycles. The van der Waals surface area contributed by atoms with E-state index in [1.165, 1.54) is 19.2 Å². The zero-order chi connectivity index (χ0) is 13.2. The molecule has 1 aliphatic carbocycles. The summed E-state index contributed by atoms with van der Waals surface area (Å²) >= 11 is 5.72. The molecule has 1 aromatic rings. The Morgan fingerprint density at radius 2 is 2.28 bits per heavy atom. The molecule has 0 bridgehead atoms. The van der Waals surface area contributed by atoms with Crippen LogP contribution in [0.5, 0.6) is 0 Å². The van der Waals surface area contributed by atoms with Gasteiger partial charge in [-0.05, 0) is 24.7 Å². The van der Waals surface area contributed by atoms with Gasteiger partial charge in [0.1, 0.15) is 6.33 Å². The Balaban J connectivity index is 2.10. The van der Waals surface area contributed by atoms with Crippen LogP contribution < -0.4 is 5.32 Å². The fraction of sp³-hybridized carbons (Fsp3) is 0.636. The molecule has 0 atom stereocenters. The molecule has 0 aliphatic heterocycles. The van der Waals surface area contributed by atoms with Crippen LogP contribution in [-0.2, 0) is 0 Å². The summed E-state index contributed by atoms with van der Waals surface area (Å²) < 4.78 is 0. The Bertz CT molecular complexity index is 462. The van der Waals surface area contributed by atoms with Crippen molar-refractivity contribution >= 4 is 23.1 Å². The average molecular weight is 271 g/mol. The van der Waals surface area contributed by atoms with E-state index in [1.54, 1.807) is 0 Å². The molecule has 1 saturated carbocycles. The lowest BCUT2D eigenvalue weighted by molar-refractivity contribution is -0.384. The van der Waals surface area contributed by atoms with Crippen molar-refractivity contribution in [3.05, 3.63) is 21.6 Å². The molecule has 0 amide bonds. The predicted octanol–water partition coefficient (Wildman–Crippen LogP) is 3.03. The van der Waals surface area contributed by atoms with E-state index in [0.29, 0.717) is 12.0 Å². The summed E-state index contributed by atoms with van der Waals surface area (Å²) in [5.74, 6) is 0.211. The molecule has 1 heterocycles. The van der Waals surface area contributed by atoms with E-state index >= 15 is 0 Å². The highest BCUT2D eigenvalue weighted by Crippen LogP contribution is 2.49. The number of hydrogen-bond donors (Lipinski definition) is 1. The second-order valence-electron chi connectivity index (χ2n) is 4.72. The Hall–Kier alpha value is -1.43. The van der Waals surface area contributed by atoms with Gasteiger partial charge < -0.3 is 5.32 Å². The van der Waals surface area contributed by atoms with Gasteiger partial charge in [0.2, 0.25) is 11.0 Å². The number of nitrogens with zero attached hydrogens (tertiary/aromatic N) is 3. The van der Waals surface area contributed by atoms with E-state index in [4.69, 9.17) is 11.6 Å². The molecule has 1 N–H and O–H groups in total. The molecule has 2 rings (SSSR count). The molecule has 98 valence electrons. The predicted molar refractivity (Wildman–Crippen MR) is 68.8 cm³/mol. The first kappa shape index (κ1) is 13.0. The van der Waals surface area contributed by atoms with Crippen LogP contribution in [0.1, 0.15) is 32.6 Å². The fourth-order valence-corrected chi connectivity index (χ4v) is 2.34. The maximum Gasteiger partial charge on any atom is 0.348 e. The number of nitro groups is 1. The lowest BCUT2D eigenvalue weighted by atomic mass is 10.0. The van der Waals surface area contributed by atoms with Crippen LogP contribution in [0.3, 0.4) is 0 Å². The lowest BCUT2D eigenvalue weighted by Gasteiger charge is -2.15. The van der Waals surface area contributed by atoms with Gasteiger partial charge >= 0.3 is 5.69 Å². The summed E-state index contributed by atoms with van der Waals surface area (Å²) in [5, 5.41) is 13.8. The second-order valence-corrected chi connectivity index (χ2v) is 5.08. The topological polar surface area (TPSA) is 81.0 Å². The monoisotopic (exact) mass is 270 g/mol. The third-order valence-electron chi connectivity index (χ3n) is 3.33. The van der Waals surface area contributed by atoms with Crippen molar-refractivity contribution in [3.63, 3.8) is 0 Å². The molecule has 0 unspecified atom stereocenters. The van der Waals surface area contributed by atoms with Crippen LogP contribution in [0.25, 0.3) is 0 Å². The molecular weight excluding hydrogens is 256 g/mol. The maximum absolute atomic E-state index is 10.9. The first-order valence-electron chi connectivity index (χ1n) is 5.97. The Morgan fingerprint density at radius 1 is 1.56 bits per heavy atom. The zero-order valence-corrected chi connectivity index (χ0v) is 10.9. The Kier molecular flexibility index (Phi) is 3.65. The van der Waals surface area contributed by atoms with Gasteiger partial charge in [0.15, 0.2) is 0 Å². The second kappa shape index (κ2) is 5.06. The SMILES string of the molecule is CCCC1(CNc2ncnc(Cl)c2[N+](=O)[O-])CC1. The van der Waals surface area contributed by atoms with E-state index in [0.717, 1.165) is 12.8 Å². The van der Waals surface area contributed by atoms with Crippen LogP contribution in [-0.4, -0.2) is 21.4 Å². The van der Waals surface area contributed by atoms with E-state index in [2.05, 4.69) is 22.2 Å². The number of rotatable bonds is 6. The van der Waals surface area contributed by atoms with Crippen LogP contribution in [0.4, 0.5) is 11.5 Å². The molecule has 1 fully saturated rings. The van der Waals surface area contributed by atoms with Crippen LogP contribution in [0.15, 0.2) is 6.33 Å². The summed E-state index contributed by atoms with van der Waals surface area (Å²) in [7, 11) is 0. The molecular formula is C11H15ClN4O2.